The molecule has 0 amide bonds. The van der Waals surface area contributed by atoms with Gasteiger partial charge in [-0.2, -0.15) is 0 Å². The number of rotatable bonds is 1. The average molecular weight is 132 g/mol. The van der Waals surface area contributed by atoms with Gasteiger partial charge in [-0.3, -0.25) is 0 Å². The Hall–Kier alpha value is 1.15. The van der Waals surface area contributed by atoms with Crippen molar-refractivity contribution in [1.82, 2.24) is 0 Å². The van der Waals surface area contributed by atoms with Crippen molar-refractivity contribution in [3.05, 3.63) is 0 Å². The first-order chi connectivity index (χ1) is 2.64. The fourth-order valence-electron chi connectivity index (χ4n) is 0. The molecule has 0 bridgehead atoms. The quantitative estimate of drug-likeness (QED) is 0.293. The van der Waals surface area contributed by atoms with Crippen LogP contribution in [0.3, 0.4) is 0 Å². The molecule has 0 radical (unpaired) electrons. The molecule has 0 rings (SSSR count). The van der Waals surface area contributed by atoms with Gasteiger partial charge in [-0.1, -0.05) is 0 Å². The topological polar surface area (TPSA) is 60.4 Å². The molecule has 0 aliphatic rings. The van der Waals surface area contributed by atoms with Crippen LogP contribution in [0, 0.1) is 0 Å². The molecular weight excluding hydrogens is 126 g/mol. The van der Waals surface area contributed by atoms with Crippen LogP contribution in [0.5, 0.6) is 0 Å². The van der Waals surface area contributed by atoms with Crippen LogP contribution in [0.15, 0.2) is 0 Å². The van der Waals surface area contributed by atoms with Crippen molar-refractivity contribution in [2.24, 2.45) is 0 Å². The Kier molecular flexibility index (Phi) is 8.32. The van der Waals surface area contributed by atoms with E-state index in [9.17, 15) is 9.46 Å². The SMILES string of the molecule is CC(O)[PH](=O)[O-].[Na+]. The number of aliphatic hydroxyl groups is 1. The molecule has 0 aromatic carbocycles. The predicted octanol–water partition coefficient (Wildman–Crippen LogP) is -3.84. The van der Waals surface area contributed by atoms with E-state index in [4.69, 9.17) is 5.11 Å². The van der Waals surface area contributed by atoms with Crippen molar-refractivity contribution in [3.8, 4) is 0 Å². The summed E-state index contributed by atoms with van der Waals surface area (Å²) >= 11 is 0. The summed E-state index contributed by atoms with van der Waals surface area (Å²) in [6, 6.07) is 0. The normalized spacial score (nSPS) is 17.0. The molecular formula is C2H6NaO3P. The van der Waals surface area contributed by atoms with Crippen molar-refractivity contribution in [3.63, 3.8) is 0 Å². The van der Waals surface area contributed by atoms with Crippen LogP contribution in [-0.2, 0) is 4.57 Å². The van der Waals surface area contributed by atoms with Crippen LogP contribution in [0.1, 0.15) is 6.92 Å². The fourth-order valence-corrected chi connectivity index (χ4v) is 0. The van der Waals surface area contributed by atoms with E-state index in [1.54, 1.807) is 0 Å². The van der Waals surface area contributed by atoms with Gasteiger partial charge >= 0.3 is 29.6 Å². The summed E-state index contributed by atoms with van der Waals surface area (Å²) in [5.41, 5.74) is 0. The van der Waals surface area contributed by atoms with E-state index in [2.05, 4.69) is 0 Å². The third kappa shape index (κ3) is 7.15. The van der Waals surface area contributed by atoms with E-state index in [1.165, 1.54) is 6.92 Å². The second-order valence-electron chi connectivity index (χ2n) is 0.995. The van der Waals surface area contributed by atoms with Crippen molar-refractivity contribution < 1.29 is 44.1 Å². The molecule has 5 heteroatoms. The molecule has 0 aromatic heterocycles. The minimum Gasteiger partial charge on any atom is -0.800 e. The van der Waals surface area contributed by atoms with Crippen molar-refractivity contribution in [1.29, 1.82) is 0 Å². The third-order valence-corrected chi connectivity index (χ3v) is 1.02. The summed E-state index contributed by atoms with van der Waals surface area (Å²) in [5, 5.41) is 8.05. The zero-order valence-corrected chi connectivity index (χ0v) is 7.34. The van der Waals surface area contributed by atoms with Crippen LogP contribution in [-0.4, -0.2) is 11.0 Å². The molecule has 38 valence electrons. The zero-order valence-electron chi connectivity index (χ0n) is 4.34. The maximum absolute atomic E-state index is 9.52. The minimum absolute atomic E-state index is 0. The van der Waals surface area contributed by atoms with Gasteiger partial charge < -0.3 is 14.6 Å². The molecule has 2 unspecified atom stereocenters. The van der Waals surface area contributed by atoms with E-state index in [-0.39, 0.29) is 29.6 Å². The Morgan fingerprint density at radius 2 is 2.00 bits per heavy atom. The van der Waals surface area contributed by atoms with Gasteiger partial charge in [0, 0.05) is 8.03 Å². The second-order valence-corrected chi connectivity index (χ2v) is 2.47. The molecule has 7 heavy (non-hydrogen) atoms. The zero-order chi connectivity index (χ0) is 5.15. The van der Waals surface area contributed by atoms with Crippen LogP contribution >= 0.6 is 8.03 Å². The smallest absolute Gasteiger partial charge is 0.800 e. The monoisotopic (exact) mass is 132 g/mol. The van der Waals surface area contributed by atoms with Crippen LogP contribution in [0.25, 0.3) is 0 Å². The predicted molar refractivity (Wildman–Crippen MR) is 20.7 cm³/mol. The molecule has 0 saturated carbocycles. The molecule has 0 heterocycles. The molecule has 0 spiro atoms. The summed E-state index contributed by atoms with van der Waals surface area (Å²) in [5.74, 6) is -1.16. The first-order valence-corrected chi connectivity index (χ1v) is 2.93. The minimum atomic E-state index is -2.90. The average Bonchev–Trinajstić information content (AvgIpc) is 1.36. The molecule has 0 fully saturated rings. The van der Waals surface area contributed by atoms with Gasteiger partial charge in [-0.15, -0.1) is 0 Å². The summed E-state index contributed by atoms with van der Waals surface area (Å²) in [4.78, 5) is 9.52. The maximum Gasteiger partial charge on any atom is 1.00 e. The first kappa shape index (κ1) is 11.0. The Balaban J connectivity index is 0. The van der Waals surface area contributed by atoms with E-state index in [0.717, 1.165) is 0 Å². The first-order valence-electron chi connectivity index (χ1n) is 1.53. The van der Waals surface area contributed by atoms with E-state index >= 15 is 0 Å². The maximum atomic E-state index is 9.52. The van der Waals surface area contributed by atoms with E-state index in [0.29, 0.717) is 0 Å². The van der Waals surface area contributed by atoms with Gasteiger partial charge in [-0.25, -0.2) is 0 Å². The molecule has 2 atom stereocenters. The van der Waals surface area contributed by atoms with Gasteiger partial charge in [0.15, 0.2) is 0 Å². The second kappa shape index (κ2) is 5.29. The van der Waals surface area contributed by atoms with Gasteiger partial charge in [0.05, 0.1) is 5.85 Å². The summed E-state index contributed by atoms with van der Waals surface area (Å²) in [6.45, 7) is 1.22. The Labute approximate surface area is 64.9 Å². The largest absolute Gasteiger partial charge is 1.00 e. The molecule has 0 aliphatic carbocycles. The number of aliphatic hydroxyl groups excluding tert-OH is 1. The van der Waals surface area contributed by atoms with E-state index in [1.807, 2.05) is 0 Å². The Bertz CT molecular complexity index is 64.0. The standard InChI is InChI=1S/C2H7O3P.Na/c1-2(3)6(4)5;/h2-3,6H,1H3,(H,4,5);/q;+1/p-1. The third-order valence-electron chi connectivity index (χ3n) is 0.341. The summed E-state index contributed by atoms with van der Waals surface area (Å²) < 4.78 is 9.52. The molecule has 0 saturated heterocycles. The van der Waals surface area contributed by atoms with Crippen molar-refractivity contribution >= 4 is 8.03 Å². The van der Waals surface area contributed by atoms with Crippen molar-refractivity contribution in [2.45, 2.75) is 12.8 Å². The van der Waals surface area contributed by atoms with Gasteiger partial charge in [-0.05, 0) is 6.92 Å². The van der Waals surface area contributed by atoms with Gasteiger partial charge in [0.1, 0.15) is 0 Å². The van der Waals surface area contributed by atoms with Crippen LogP contribution < -0.4 is 34.5 Å². The van der Waals surface area contributed by atoms with Crippen molar-refractivity contribution in [2.75, 3.05) is 0 Å². The van der Waals surface area contributed by atoms with Crippen LogP contribution in [0.4, 0.5) is 0 Å². The summed E-state index contributed by atoms with van der Waals surface area (Å²) in [7, 11) is -2.90. The molecule has 0 aliphatic heterocycles. The number of hydrogen-bond acceptors (Lipinski definition) is 3. The molecule has 0 aromatic rings. The Morgan fingerprint density at radius 3 is 2.00 bits per heavy atom. The van der Waals surface area contributed by atoms with Crippen LogP contribution in [0.2, 0.25) is 0 Å². The molecule has 3 nitrogen and oxygen atoms in total. The van der Waals surface area contributed by atoms with Gasteiger partial charge in [0.2, 0.25) is 0 Å². The summed E-state index contributed by atoms with van der Waals surface area (Å²) in [6.07, 6.45) is 0. The van der Waals surface area contributed by atoms with E-state index < -0.39 is 13.9 Å². The number of hydrogen-bond donors (Lipinski definition) is 1. The fraction of sp³-hybridized carbons (Fsp3) is 1.00. The molecule has 1 N–H and O–H groups in total. The van der Waals surface area contributed by atoms with Gasteiger partial charge in [0.25, 0.3) is 0 Å². The Morgan fingerprint density at radius 1 is 1.86 bits per heavy atom.